The van der Waals surface area contributed by atoms with Gasteiger partial charge in [-0.2, -0.15) is 0 Å². The molecule has 2 aliphatic heterocycles. The third-order valence-corrected chi connectivity index (χ3v) is 4.82. The van der Waals surface area contributed by atoms with Crippen LogP contribution in [0.4, 0.5) is 10.5 Å². The first kappa shape index (κ1) is 18.0. The summed E-state index contributed by atoms with van der Waals surface area (Å²) in [5.74, 6) is 0.730. The third kappa shape index (κ3) is 4.86. The van der Waals surface area contributed by atoms with Crippen molar-refractivity contribution in [3.05, 3.63) is 23.8 Å². The van der Waals surface area contributed by atoms with E-state index >= 15 is 0 Å². The van der Waals surface area contributed by atoms with Gasteiger partial charge in [0.15, 0.2) is 0 Å². The van der Waals surface area contributed by atoms with Crippen molar-refractivity contribution in [3.63, 3.8) is 0 Å². The van der Waals surface area contributed by atoms with E-state index in [1.165, 1.54) is 6.42 Å². The van der Waals surface area contributed by atoms with Gasteiger partial charge in [0, 0.05) is 39.3 Å². The largest absolute Gasteiger partial charge is 0.492 e. The van der Waals surface area contributed by atoms with Crippen LogP contribution in [-0.2, 0) is 4.74 Å². The number of amides is 2. The number of hydrogen-bond acceptors (Lipinski definition) is 4. The van der Waals surface area contributed by atoms with E-state index in [0.29, 0.717) is 12.7 Å². The average Bonchev–Trinajstić information content (AvgIpc) is 3.11. The predicted molar refractivity (Wildman–Crippen MR) is 98.4 cm³/mol. The number of ether oxygens (including phenoxy) is 2. The Morgan fingerprint density at radius 2 is 2.12 bits per heavy atom. The lowest BCUT2D eigenvalue weighted by Gasteiger charge is -2.35. The average molecular weight is 347 g/mol. The molecule has 2 fully saturated rings. The van der Waals surface area contributed by atoms with Crippen LogP contribution in [0.2, 0.25) is 0 Å². The highest BCUT2D eigenvalue weighted by Gasteiger charge is 2.25. The molecule has 1 N–H and O–H groups in total. The number of urea groups is 1. The number of aryl methyl sites for hydroxylation is 1. The molecule has 1 atom stereocenters. The van der Waals surface area contributed by atoms with E-state index in [-0.39, 0.29) is 6.03 Å². The van der Waals surface area contributed by atoms with Crippen molar-refractivity contribution >= 4 is 11.7 Å². The molecular formula is C19H29N3O3. The van der Waals surface area contributed by atoms with Gasteiger partial charge in [-0.05, 0) is 44.4 Å². The summed E-state index contributed by atoms with van der Waals surface area (Å²) in [6, 6.07) is 5.80. The number of nitrogens with one attached hydrogen (secondary N) is 1. The molecule has 1 aromatic rings. The molecule has 0 aromatic heterocycles. The molecule has 1 aromatic carbocycles. The van der Waals surface area contributed by atoms with E-state index in [2.05, 4.69) is 10.2 Å². The number of benzene rings is 1. The summed E-state index contributed by atoms with van der Waals surface area (Å²) in [4.78, 5) is 16.9. The van der Waals surface area contributed by atoms with Crippen molar-refractivity contribution < 1.29 is 14.3 Å². The molecule has 0 aliphatic carbocycles. The van der Waals surface area contributed by atoms with Crippen LogP contribution < -0.4 is 10.1 Å². The Hall–Kier alpha value is -1.79. The fraction of sp³-hybridized carbons (Fsp3) is 0.632. The number of carbonyl (C=O) groups excluding carboxylic acids is 1. The summed E-state index contributed by atoms with van der Waals surface area (Å²) in [6.07, 6.45) is 2.71. The van der Waals surface area contributed by atoms with Gasteiger partial charge in [0.2, 0.25) is 0 Å². The monoisotopic (exact) mass is 347 g/mol. The molecule has 1 unspecified atom stereocenters. The molecule has 0 saturated carbocycles. The van der Waals surface area contributed by atoms with Gasteiger partial charge in [-0.3, -0.25) is 4.90 Å². The predicted octanol–water partition coefficient (Wildman–Crippen LogP) is 2.72. The first-order valence-electron chi connectivity index (χ1n) is 9.29. The van der Waals surface area contributed by atoms with Crippen LogP contribution in [0.5, 0.6) is 5.75 Å². The van der Waals surface area contributed by atoms with Gasteiger partial charge < -0.3 is 19.7 Å². The SMILES string of the molecule is CCOc1cc(C)ccc1NC(=O)N1CCN(CC2CCCO2)CC1. The van der Waals surface area contributed by atoms with Crippen LogP contribution in [0.15, 0.2) is 18.2 Å². The van der Waals surface area contributed by atoms with Crippen LogP contribution in [0, 0.1) is 6.92 Å². The van der Waals surface area contributed by atoms with Crippen molar-refractivity contribution in [1.82, 2.24) is 9.80 Å². The molecule has 6 heteroatoms. The first-order chi connectivity index (χ1) is 12.2. The molecule has 3 rings (SSSR count). The van der Waals surface area contributed by atoms with E-state index < -0.39 is 0 Å². The summed E-state index contributed by atoms with van der Waals surface area (Å²) in [5, 5.41) is 3.00. The van der Waals surface area contributed by atoms with Gasteiger partial charge in [-0.15, -0.1) is 0 Å². The van der Waals surface area contributed by atoms with E-state index in [1.54, 1.807) is 0 Å². The molecule has 2 aliphatic rings. The number of rotatable bonds is 5. The molecule has 6 nitrogen and oxygen atoms in total. The van der Waals surface area contributed by atoms with Crippen LogP contribution in [-0.4, -0.2) is 67.9 Å². The van der Waals surface area contributed by atoms with Crippen molar-refractivity contribution in [2.45, 2.75) is 32.8 Å². The Kier molecular flexibility index (Phi) is 6.15. The summed E-state index contributed by atoms with van der Waals surface area (Å²) in [6.45, 7) is 9.71. The minimum Gasteiger partial charge on any atom is -0.492 e. The summed E-state index contributed by atoms with van der Waals surface area (Å²) >= 11 is 0. The zero-order valence-electron chi connectivity index (χ0n) is 15.3. The molecular weight excluding hydrogens is 318 g/mol. The molecule has 2 saturated heterocycles. The van der Waals surface area contributed by atoms with Gasteiger partial charge >= 0.3 is 6.03 Å². The van der Waals surface area contributed by atoms with Gasteiger partial charge in [0.05, 0.1) is 18.4 Å². The van der Waals surface area contributed by atoms with E-state index in [4.69, 9.17) is 9.47 Å². The van der Waals surface area contributed by atoms with Crippen molar-refractivity contribution in [3.8, 4) is 5.75 Å². The Morgan fingerprint density at radius 1 is 1.32 bits per heavy atom. The minimum atomic E-state index is -0.0541. The Labute approximate surface area is 150 Å². The van der Waals surface area contributed by atoms with Crippen LogP contribution in [0.3, 0.4) is 0 Å². The maximum Gasteiger partial charge on any atom is 0.322 e. The first-order valence-corrected chi connectivity index (χ1v) is 9.29. The standard InChI is InChI=1S/C19H29N3O3/c1-3-24-18-13-15(2)6-7-17(18)20-19(23)22-10-8-21(9-11-22)14-16-5-4-12-25-16/h6-7,13,16H,3-5,8-12,14H2,1-2H3,(H,20,23). The van der Waals surface area contributed by atoms with Crippen molar-refractivity contribution in [1.29, 1.82) is 0 Å². The van der Waals surface area contributed by atoms with Gasteiger partial charge in [-0.25, -0.2) is 4.79 Å². The lowest BCUT2D eigenvalue weighted by molar-refractivity contribution is 0.0571. The third-order valence-electron chi connectivity index (χ3n) is 4.82. The molecule has 2 heterocycles. The second-order valence-electron chi connectivity index (χ2n) is 6.79. The summed E-state index contributed by atoms with van der Waals surface area (Å²) in [5.41, 5.74) is 1.85. The normalized spacial score (nSPS) is 21.4. The van der Waals surface area contributed by atoms with E-state index in [0.717, 1.165) is 62.8 Å². The maximum atomic E-state index is 12.6. The quantitative estimate of drug-likeness (QED) is 0.890. The number of piperazine rings is 1. The molecule has 0 spiro atoms. The maximum absolute atomic E-state index is 12.6. The smallest absolute Gasteiger partial charge is 0.322 e. The van der Waals surface area contributed by atoms with Crippen molar-refractivity contribution in [2.24, 2.45) is 0 Å². The number of hydrogen-bond donors (Lipinski definition) is 1. The van der Waals surface area contributed by atoms with E-state index in [1.807, 2.05) is 36.9 Å². The molecule has 2 amide bonds. The van der Waals surface area contributed by atoms with Crippen LogP contribution in [0.25, 0.3) is 0 Å². The second-order valence-corrected chi connectivity index (χ2v) is 6.79. The Balaban J connectivity index is 1.51. The molecule has 0 bridgehead atoms. The molecule has 25 heavy (non-hydrogen) atoms. The van der Waals surface area contributed by atoms with Gasteiger partial charge in [0.1, 0.15) is 5.75 Å². The lowest BCUT2D eigenvalue weighted by atomic mass is 10.2. The van der Waals surface area contributed by atoms with E-state index in [9.17, 15) is 4.79 Å². The molecule has 0 radical (unpaired) electrons. The number of nitrogens with zero attached hydrogens (tertiary/aromatic N) is 2. The number of carbonyl (C=O) groups is 1. The second kappa shape index (κ2) is 8.54. The van der Waals surface area contributed by atoms with Crippen LogP contribution >= 0.6 is 0 Å². The lowest BCUT2D eigenvalue weighted by Crippen LogP contribution is -2.51. The zero-order chi connectivity index (χ0) is 17.6. The highest BCUT2D eigenvalue weighted by molar-refractivity contribution is 5.91. The summed E-state index contributed by atoms with van der Waals surface area (Å²) in [7, 11) is 0. The van der Waals surface area contributed by atoms with Gasteiger partial charge in [0.25, 0.3) is 0 Å². The fourth-order valence-electron chi connectivity index (χ4n) is 3.41. The Morgan fingerprint density at radius 3 is 2.80 bits per heavy atom. The zero-order valence-corrected chi connectivity index (χ0v) is 15.3. The topological polar surface area (TPSA) is 54.0 Å². The van der Waals surface area contributed by atoms with Gasteiger partial charge in [-0.1, -0.05) is 6.07 Å². The van der Waals surface area contributed by atoms with Crippen LogP contribution in [0.1, 0.15) is 25.3 Å². The van der Waals surface area contributed by atoms with Crippen molar-refractivity contribution in [2.75, 3.05) is 51.3 Å². The summed E-state index contributed by atoms with van der Waals surface area (Å²) < 4.78 is 11.3. The highest BCUT2D eigenvalue weighted by Crippen LogP contribution is 2.26. The molecule has 138 valence electrons. The minimum absolute atomic E-state index is 0.0541. The highest BCUT2D eigenvalue weighted by atomic mass is 16.5. The fourth-order valence-corrected chi connectivity index (χ4v) is 3.41. The Bertz CT molecular complexity index is 579. The number of anilines is 1.